The van der Waals surface area contributed by atoms with Crippen LogP contribution in [-0.2, 0) is 25.5 Å². The minimum atomic E-state index is -5.08. The lowest BCUT2D eigenvalue weighted by Gasteiger charge is -2.39. The minimum absolute atomic E-state index is 0.207. The number of likely N-dealkylation sites (tertiary alicyclic amines) is 2. The summed E-state index contributed by atoms with van der Waals surface area (Å²) in [5.41, 5.74) is 5.17. The summed E-state index contributed by atoms with van der Waals surface area (Å²) in [5.74, 6) is -3.78. The molecule has 13 nitrogen and oxygen atoms in total. The van der Waals surface area contributed by atoms with Crippen molar-refractivity contribution < 1.29 is 47.3 Å². The summed E-state index contributed by atoms with van der Waals surface area (Å²) in [6.45, 7) is 0.606. The topological polar surface area (TPSA) is 198 Å². The number of carboxylic acids is 1. The summed E-state index contributed by atoms with van der Waals surface area (Å²) in [6, 6.07) is 8.79. The number of hydrogen-bond acceptors (Lipinski definition) is 7. The van der Waals surface area contributed by atoms with E-state index in [0.29, 0.717) is 45.2 Å². The Morgan fingerprint density at radius 2 is 1.80 bits per heavy atom. The molecule has 2 aliphatic rings. The summed E-state index contributed by atoms with van der Waals surface area (Å²) in [4.78, 5) is 50.5. The van der Waals surface area contributed by atoms with Crippen molar-refractivity contribution in [1.82, 2.24) is 20.4 Å². The molecule has 0 saturated carbocycles. The first-order valence-corrected chi connectivity index (χ1v) is 12.8. The standard InChI is InChI=1S/C23H34N6O5.C2HF3O2/c1-34-22(33)27-23(14-16-8-3-2-4-9-16)11-5-6-12-28(20(23)32)15-18(30)26-17-10-7-13-29(19(17)31)21(24)25;3-2(4,5)1(6)7/h2-4,8-9,17,19,31H,5-7,10-15H2,1H3,(H3,24,25)(H,26,30)(H,27,33);(H,6,7)/t17-,19?,23?;/m0./s1. The molecule has 3 atom stereocenters. The van der Waals surface area contributed by atoms with E-state index in [1.54, 1.807) is 0 Å². The highest BCUT2D eigenvalue weighted by Crippen LogP contribution is 2.27. The first-order valence-electron chi connectivity index (χ1n) is 12.8. The predicted octanol–water partition coefficient (Wildman–Crippen LogP) is 0.762. The van der Waals surface area contributed by atoms with Gasteiger partial charge in [0.1, 0.15) is 11.8 Å². The highest BCUT2D eigenvalue weighted by molar-refractivity contribution is 5.93. The third-order valence-electron chi connectivity index (χ3n) is 6.68. The number of carbonyl (C=O) groups excluding carboxylic acids is 3. The highest BCUT2D eigenvalue weighted by atomic mass is 19.4. The number of aliphatic hydroxyl groups is 1. The summed E-state index contributed by atoms with van der Waals surface area (Å²) in [7, 11) is 1.25. The number of alkyl carbamates (subject to hydrolysis) is 1. The van der Waals surface area contributed by atoms with Gasteiger partial charge in [-0.1, -0.05) is 30.3 Å². The fourth-order valence-corrected chi connectivity index (χ4v) is 4.72. The monoisotopic (exact) mass is 588 g/mol. The summed E-state index contributed by atoms with van der Waals surface area (Å²) < 4.78 is 36.5. The summed E-state index contributed by atoms with van der Waals surface area (Å²) in [5, 5.41) is 30.7. The third-order valence-corrected chi connectivity index (χ3v) is 6.68. The summed E-state index contributed by atoms with van der Waals surface area (Å²) >= 11 is 0. The van der Waals surface area contributed by atoms with Crippen molar-refractivity contribution in [1.29, 1.82) is 5.41 Å². The Labute approximate surface area is 234 Å². The fraction of sp³-hybridized carbons (Fsp3) is 0.560. The summed E-state index contributed by atoms with van der Waals surface area (Å²) in [6.07, 6.45) is -3.63. The molecule has 0 radical (unpaired) electrons. The lowest BCUT2D eigenvalue weighted by Crippen LogP contribution is -2.62. The zero-order chi connectivity index (χ0) is 30.8. The van der Waals surface area contributed by atoms with Crippen LogP contribution in [0, 0.1) is 5.41 Å². The van der Waals surface area contributed by atoms with E-state index in [-0.39, 0.29) is 24.8 Å². The van der Waals surface area contributed by atoms with Gasteiger partial charge in [-0.2, -0.15) is 13.2 Å². The van der Waals surface area contributed by atoms with Gasteiger partial charge in [0.2, 0.25) is 11.8 Å². The number of rotatable bonds is 6. The number of benzene rings is 1. The largest absolute Gasteiger partial charge is 0.490 e. The smallest absolute Gasteiger partial charge is 0.475 e. The fourth-order valence-electron chi connectivity index (χ4n) is 4.72. The number of hydrogen-bond donors (Lipinski definition) is 6. The van der Waals surface area contributed by atoms with Crippen LogP contribution in [-0.4, -0.2) is 101 Å². The number of nitrogens with one attached hydrogen (secondary N) is 3. The molecular formula is C25H35F3N6O7. The van der Waals surface area contributed by atoms with Crippen LogP contribution in [0.25, 0.3) is 0 Å². The number of aliphatic hydroxyl groups excluding tert-OH is 1. The number of aliphatic carboxylic acids is 1. The number of halogens is 3. The van der Waals surface area contributed by atoms with E-state index in [9.17, 15) is 32.7 Å². The average molecular weight is 589 g/mol. The number of carboxylic acid groups (broad SMARTS) is 1. The van der Waals surface area contributed by atoms with E-state index in [1.165, 1.54) is 16.9 Å². The molecule has 16 heteroatoms. The van der Waals surface area contributed by atoms with Crippen LogP contribution in [0.2, 0.25) is 0 Å². The van der Waals surface area contributed by atoms with Gasteiger partial charge in [-0.15, -0.1) is 0 Å². The number of nitrogens with two attached hydrogens (primary N) is 1. The number of methoxy groups -OCH3 is 1. The normalized spacial score (nSPS) is 22.9. The molecule has 2 aliphatic heterocycles. The van der Waals surface area contributed by atoms with Gasteiger partial charge >= 0.3 is 18.2 Å². The molecule has 1 aromatic carbocycles. The zero-order valence-corrected chi connectivity index (χ0v) is 22.4. The van der Waals surface area contributed by atoms with E-state index in [0.717, 1.165) is 5.56 Å². The molecule has 7 N–H and O–H groups in total. The van der Waals surface area contributed by atoms with Gasteiger partial charge in [-0.25, -0.2) is 9.59 Å². The molecule has 41 heavy (non-hydrogen) atoms. The lowest BCUT2D eigenvalue weighted by atomic mass is 9.85. The molecule has 228 valence electrons. The van der Waals surface area contributed by atoms with Crippen LogP contribution in [0.4, 0.5) is 18.0 Å². The van der Waals surface area contributed by atoms with Crippen LogP contribution in [0.3, 0.4) is 0 Å². The number of amides is 3. The van der Waals surface area contributed by atoms with Crippen LogP contribution >= 0.6 is 0 Å². The Bertz CT molecular complexity index is 1090. The van der Waals surface area contributed by atoms with Crippen molar-refractivity contribution in [2.45, 2.75) is 62.5 Å². The quantitative estimate of drug-likeness (QED) is 0.205. The van der Waals surface area contributed by atoms with E-state index >= 15 is 0 Å². The van der Waals surface area contributed by atoms with Crippen molar-refractivity contribution >= 4 is 29.8 Å². The molecule has 2 saturated heterocycles. The average Bonchev–Trinajstić information content (AvgIpc) is 3.04. The second-order valence-corrected chi connectivity index (χ2v) is 9.66. The molecule has 2 fully saturated rings. The van der Waals surface area contributed by atoms with Crippen molar-refractivity contribution in [2.24, 2.45) is 5.73 Å². The molecule has 0 spiro atoms. The van der Waals surface area contributed by atoms with Gasteiger partial charge in [-0.05, 0) is 37.7 Å². The second kappa shape index (κ2) is 14.5. The first kappa shape index (κ1) is 33.1. The maximum absolute atomic E-state index is 13.7. The van der Waals surface area contributed by atoms with Crippen molar-refractivity contribution in [3.63, 3.8) is 0 Å². The molecule has 3 rings (SSSR count). The predicted molar refractivity (Wildman–Crippen MR) is 138 cm³/mol. The van der Waals surface area contributed by atoms with E-state index in [2.05, 4.69) is 10.6 Å². The molecule has 1 aromatic rings. The number of nitrogens with zero attached hydrogens (tertiary/aromatic N) is 2. The molecular weight excluding hydrogens is 553 g/mol. The maximum atomic E-state index is 13.7. The zero-order valence-electron chi connectivity index (χ0n) is 22.4. The molecule has 3 amide bonds. The number of carbonyl (C=O) groups is 4. The van der Waals surface area contributed by atoms with Crippen molar-refractivity contribution in [3.8, 4) is 0 Å². The number of ether oxygens (including phenoxy) is 1. The van der Waals surface area contributed by atoms with Gasteiger partial charge in [0.15, 0.2) is 5.96 Å². The molecule has 2 heterocycles. The number of alkyl halides is 3. The lowest BCUT2D eigenvalue weighted by molar-refractivity contribution is -0.192. The Morgan fingerprint density at radius 3 is 2.37 bits per heavy atom. The van der Waals surface area contributed by atoms with Crippen molar-refractivity contribution in [2.75, 3.05) is 26.7 Å². The number of piperidine rings is 1. The molecule has 2 unspecified atom stereocenters. The maximum Gasteiger partial charge on any atom is 0.490 e. The molecule has 0 aromatic heterocycles. The van der Waals surface area contributed by atoms with Gasteiger partial charge in [-0.3, -0.25) is 15.0 Å². The highest BCUT2D eigenvalue weighted by Gasteiger charge is 2.45. The van der Waals surface area contributed by atoms with E-state index in [4.69, 9.17) is 25.8 Å². The van der Waals surface area contributed by atoms with Gasteiger partial charge < -0.3 is 41.1 Å². The Balaban J connectivity index is 0.000000745. The minimum Gasteiger partial charge on any atom is -0.475 e. The van der Waals surface area contributed by atoms with E-state index < -0.39 is 42.0 Å². The second-order valence-electron chi connectivity index (χ2n) is 9.66. The van der Waals surface area contributed by atoms with E-state index in [1.807, 2.05) is 30.3 Å². The van der Waals surface area contributed by atoms with Gasteiger partial charge in [0.05, 0.1) is 19.7 Å². The molecule has 0 aliphatic carbocycles. The van der Waals surface area contributed by atoms with Crippen LogP contribution < -0.4 is 16.4 Å². The van der Waals surface area contributed by atoms with Crippen LogP contribution in [0.5, 0.6) is 0 Å². The first-order chi connectivity index (χ1) is 19.2. The Morgan fingerprint density at radius 1 is 1.17 bits per heavy atom. The van der Waals surface area contributed by atoms with Gasteiger partial charge in [0, 0.05) is 19.5 Å². The third kappa shape index (κ3) is 9.51. The Hall–Kier alpha value is -4.08. The number of guanidine groups is 1. The van der Waals surface area contributed by atoms with Gasteiger partial charge in [0.25, 0.3) is 0 Å². The Kier molecular flexibility index (Phi) is 11.7. The molecule has 0 bridgehead atoms. The van der Waals surface area contributed by atoms with Crippen LogP contribution in [0.15, 0.2) is 30.3 Å². The van der Waals surface area contributed by atoms with Crippen LogP contribution in [0.1, 0.15) is 37.7 Å². The van der Waals surface area contributed by atoms with Crippen molar-refractivity contribution in [3.05, 3.63) is 35.9 Å². The SMILES string of the molecule is COC(=O)NC1(Cc2ccccc2)CCCCN(CC(=O)N[C@H]2CCCN(C(=N)N)C2O)C1=O.O=C(O)C(F)(F)F.